The van der Waals surface area contributed by atoms with Gasteiger partial charge in [0.15, 0.2) is 5.60 Å². The number of unbranched alkanes of at least 4 members (excludes halogenated alkanes) is 18. The molecule has 2 unspecified atom stereocenters. The second-order valence-electron chi connectivity index (χ2n) is 12.6. The third kappa shape index (κ3) is 20.8. The summed E-state index contributed by atoms with van der Waals surface area (Å²) in [6, 6.07) is 0. The Morgan fingerprint density at radius 3 is 1.43 bits per heavy atom. The highest BCUT2D eigenvalue weighted by Crippen LogP contribution is 2.29. The number of hydrogen-bond donors (Lipinski definition) is 3. The molecule has 8 heteroatoms. The normalized spacial score (nSPS) is 13.5. The standard InChI is InChI=1S/C34H62O8/c1-4-5-6-18-23-26-31(37)42-32(38)29(34(41,33(39)40)27-30(35)36)25-22-20-17-15-13-11-9-7-8-10-12-14-16-19-21-24-28(2)3/h28-29,41H,4-27H2,1-3H3,(H,35,36)(H,39,40). The molecule has 246 valence electrons. The zero-order chi connectivity index (χ0) is 31.6. The van der Waals surface area contributed by atoms with Crippen LogP contribution in [0.3, 0.4) is 0 Å². The van der Waals surface area contributed by atoms with Crippen LogP contribution in [-0.4, -0.2) is 44.8 Å². The van der Waals surface area contributed by atoms with Crippen LogP contribution in [0.25, 0.3) is 0 Å². The van der Waals surface area contributed by atoms with Crippen LogP contribution in [0.1, 0.15) is 175 Å². The van der Waals surface area contributed by atoms with Gasteiger partial charge in [0, 0.05) is 6.42 Å². The molecule has 0 heterocycles. The molecule has 0 aliphatic rings. The minimum absolute atomic E-state index is 0.0190. The van der Waals surface area contributed by atoms with Gasteiger partial charge >= 0.3 is 23.9 Å². The largest absolute Gasteiger partial charge is 0.481 e. The molecule has 0 saturated heterocycles. The minimum Gasteiger partial charge on any atom is -0.481 e. The molecule has 42 heavy (non-hydrogen) atoms. The van der Waals surface area contributed by atoms with Crippen LogP contribution in [0.5, 0.6) is 0 Å². The van der Waals surface area contributed by atoms with Crippen molar-refractivity contribution in [3.05, 3.63) is 0 Å². The summed E-state index contributed by atoms with van der Waals surface area (Å²) in [6.45, 7) is 6.65. The van der Waals surface area contributed by atoms with Gasteiger partial charge in [-0.1, -0.05) is 149 Å². The van der Waals surface area contributed by atoms with Crippen molar-refractivity contribution in [1.29, 1.82) is 0 Å². The molecule has 0 amide bonds. The van der Waals surface area contributed by atoms with Crippen LogP contribution in [0.15, 0.2) is 0 Å². The van der Waals surface area contributed by atoms with E-state index in [2.05, 4.69) is 20.8 Å². The van der Waals surface area contributed by atoms with Gasteiger partial charge in [-0.3, -0.25) is 14.4 Å². The molecule has 8 nitrogen and oxygen atoms in total. The first-order valence-corrected chi connectivity index (χ1v) is 17.0. The second-order valence-corrected chi connectivity index (χ2v) is 12.6. The van der Waals surface area contributed by atoms with Crippen molar-refractivity contribution in [2.24, 2.45) is 11.8 Å². The Labute approximate surface area is 255 Å². The van der Waals surface area contributed by atoms with E-state index in [0.29, 0.717) is 12.8 Å². The van der Waals surface area contributed by atoms with Crippen molar-refractivity contribution < 1.29 is 39.2 Å². The zero-order valence-corrected chi connectivity index (χ0v) is 27.0. The molecule has 0 aromatic rings. The lowest BCUT2D eigenvalue weighted by Crippen LogP contribution is -2.51. The van der Waals surface area contributed by atoms with Gasteiger partial charge in [0.2, 0.25) is 0 Å². The van der Waals surface area contributed by atoms with Crippen LogP contribution in [-0.2, 0) is 23.9 Å². The van der Waals surface area contributed by atoms with Crippen LogP contribution in [0.2, 0.25) is 0 Å². The van der Waals surface area contributed by atoms with Gasteiger partial charge in [0.1, 0.15) is 0 Å². The van der Waals surface area contributed by atoms with Gasteiger partial charge in [-0.15, -0.1) is 0 Å². The Bertz CT molecular complexity index is 735. The number of aliphatic hydroxyl groups is 1. The highest BCUT2D eigenvalue weighted by molar-refractivity contribution is 5.93. The first kappa shape index (κ1) is 40.0. The van der Waals surface area contributed by atoms with Gasteiger partial charge in [0.25, 0.3) is 0 Å². The summed E-state index contributed by atoms with van der Waals surface area (Å²) < 4.78 is 4.89. The van der Waals surface area contributed by atoms with E-state index >= 15 is 0 Å². The summed E-state index contributed by atoms with van der Waals surface area (Å²) >= 11 is 0. The number of carboxylic acids is 2. The number of esters is 2. The van der Waals surface area contributed by atoms with Crippen LogP contribution in [0.4, 0.5) is 0 Å². The predicted molar refractivity (Wildman–Crippen MR) is 166 cm³/mol. The highest BCUT2D eigenvalue weighted by atomic mass is 16.6. The maximum atomic E-state index is 12.8. The Balaban J connectivity index is 4.33. The summed E-state index contributed by atoms with van der Waals surface area (Å²) in [6.07, 6.45) is 21.9. The molecule has 0 aliphatic carbocycles. The summed E-state index contributed by atoms with van der Waals surface area (Å²) in [4.78, 5) is 48.1. The molecule has 2 atom stereocenters. The number of rotatable bonds is 29. The van der Waals surface area contributed by atoms with E-state index in [-0.39, 0.29) is 12.8 Å². The van der Waals surface area contributed by atoms with Crippen molar-refractivity contribution in [3.63, 3.8) is 0 Å². The fourth-order valence-corrected chi connectivity index (χ4v) is 5.44. The predicted octanol–water partition coefficient (Wildman–Crippen LogP) is 8.61. The summed E-state index contributed by atoms with van der Waals surface area (Å²) in [5.41, 5.74) is -2.84. The summed E-state index contributed by atoms with van der Waals surface area (Å²) in [5, 5.41) is 29.5. The maximum absolute atomic E-state index is 12.8. The zero-order valence-electron chi connectivity index (χ0n) is 27.0. The quantitative estimate of drug-likeness (QED) is 0.0442. The average Bonchev–Trinajstić information content (AvgIpc) is 2.91. The topological polar surface area (TPSA) is 138 Å². The van der Waals surface area contributed by atoms with Crippen molar-refractivity contribution in [3.8, 4) is 0 Å². The molecule has 0 aliphatic heterocycles. The van der Waals surface area contributed by atoms with E-state index in [0.717, 1.165) is 57.3 Å². The lowest BCUT2D eigenvalue weighted by molar-refractivity contribution is -0.184. The monoisotopic (exact) mass is 598 g/mol. The third-order valence-electron chi connectivity index (χ3n) is 8.13. The number of carbonyl (C=O) groups is 4. The first-order valence-electron chi connectivity index (χ1n) is 17.0. The molecule has 0 bridgehead atoms. The second kappa shape index (κ2) is 25.5. The lowest BCUT2D eigenvalue weighted by atomic mass is 9.81. The van der Waals surface area contributed by atoms with Crippen LogP contribution >= 0.6 is 0 Å². The molecular weight excluding hydrogens is 536 g/mol. The van der Waals surface area contributed by atoms with E-state index < -0.39 is 41.8 Å². The van der Waals surface area contributed by atoms with Crippen molar-refractivity contribution in [2.45, 2.75) is 180 Å². The first-order chi connectivity index (χ1) is 20.0. The Kier molecular flexibility index (Phi) is 24.3. The number of ether oxygens (including phenoxy) is 1. The van der Waals surface area contributed by atoms with E-state index in [1.807, 2.05) is 0 Å². The van der Waals surface area contributed by atoms with E-state index in [1.54, 1.807) is 0 Å². The molecular formula is C34H62O8. The van der Waals surface area contributed by atoms with Crippen molar-refractivity contribution in [2.75, 3.05) is 0 Å². The highest BCUT2D eigenvalue weighted by Gasteiger charge is 2.50. The summed E-state index contributed by atoms with van der Waals surface area (Å²) in [7, 11) is 0. The molecule has 0 radical (unpaired) electrons. The van der Waals surface area contributed by atoms with Gasteiger partial charge in [0.05, 0.1) is 12.3 Å². The van der Waals surface area contributed by atoms with E-state index in [4.69, 9.17) is 4.74 Å². The number of aliphatic carboxylic acids is 2. The van der Waals surface area contributed by atoms with E-state index in [1.165, 1.54) is 70.6 Å². The maximum Gasteiger partial charge on any atom is 0.337 e. The van der Waals surface area contributed by atoms with Crippen molar-refractivity contribution >= 4 is 23.9 Å². The summed E-state index contributed by atoms with van der Waals surface area (Å²) in [5.74, 6) is -6.10. The Hall–Kier alpha value is -1.96. The fraction of sp³-hybridized carbons (Fsp3) is 0.882. The molecule has 0 aromatic carbocycles. The van der Waals surface area contributed by atoms with E-state index in [9.17, 15) is 34.5 Å². The molecule has 0 rings (SSSR count). The molecule has 0 spiro atoms. The van der Waals surface area contributed by atoms with Crippen LogP contribution in [0, 0.1) is 11.8 Å². The molecule has 0 aromatic heterocycles. The molecule has 3 N–H and O–H groups in total. The lowest BCUT2D eigenvalue weighted by Gasteiger charge is -2.29. The Morgan fingerprint density at radius 1 is 0.619 bits per heavy atom. The van der Waals surface area contributed by atoms with Gasteiger partial charge < -0.3 is 20.1 Å². The van der Waals surface area contributed by atoms with Crippen LogP contribution < -0.4 is 0 Å². The SMILES string of the molecule is CCCCCCCC(=O)OC(=O)C(CCCCCCCCCCCCCCCCCC(C)C)C(O)(CC(=O)O)C(=O)O. The smallest absolute Gasteiger partial charge is 0.337 e. The molecule has 0 saturated carbocycles. The fourth-order valence-electron chi connectivity index (χ4n) is 5.44. The van der Waals surface area contributed by atoms with Gasteiger partial charge in [-0.2, -0.15) is 0 Å². The number of carboxylic acid groups (broad SMARTS) is 2. The number of hydrogen-bond acceptors (Lipinski definition) is 6. The van der Waals surface area contributed by atoms with Crippen molar-refractivity contribution in [1.82, 2.24) is 0 Å². The minimum atomic E-state index is -2.84. The molecule has 0 fully saturated rings. The number of carbonyl (C=O) groups excluding carboxylic acids is 2. The average molecular weight is 599 g/mol. The Morgan fingerprint density at radius 2 is 1.02 bits per heavy atom. The van der Waals surface area contributed by atoms with Gasteiger partial charge in [-0.05, 0) is 18.8 Å². The van der Waals surface area contributed by atoms with Gasteiger partial charge in [-0.25, -0.2) is 4.79 Å². The third-order valence-corrected chi connectivity index (χ3v) is 8.13.